The summed E-state index contributed by atoms with van der Waals surface area (Å²) < 4.78 is 0. The Labute approximate surface area is 190 Å². The molecule has 0 radical (unpaired) electrons. The lowest BCUT2D eigenvalue weighted by Gasteiger charge is -2.08. The Morgan fingerprint density at radius 3 is 1.52 bits per heavy atom. The van der Waals surface area contributed by atoms with Crippen molar-refractivity contribution >= 4 is 17.8 Å². The van der Waals surface area contributed by atoms with Gasteiger partial charge in [-0.15, -0.1) is 0 Å². The van der Waals surface area contributed by atoms with Crippen molar-refractivity contribution in [3.8, 4) is 0 Å². The second-order valence-corrected chi connectivity index (χ2v) is 8.99. The van der Waals surface area contributed by atoms with Crippen molar-refractivity contribution in [2.24, 2.45) is 11.7 Å². The van der Waals surface area contributed by atoms with E-state index in [0.29, 0.717) is 19.4 Å². The van der Waals surface area contributed by atoms with Crippen molar-refractivity contribution < 1.29 is 19.5 Å². The summed E-state index contributed by atoms with van der Waals surface area (Å²) in [7, 11) is 0. The Kier molecular flexibility index (Phi) is 20.5. The molecule has 0 rings (SSSR count). The van der Waals surface area contributed by atoms with Crippen LogP contribution in [0.25, 0.3) is 0 Å². The largest absolute Gasteiger partial charge is 0.481 e. The summed E-state index contributed by atoms with van der Waals surface area (Å²) in [6, 6.07) is 0. The molecule has 0 heterocycles. The van der Waals surface area contributed by atoms with Crippen molar-refractivity contribution in [3.05, 3.63) is 0 Å². The van der Waals surface area contributed by atoms with E-state index in [2.05, 4.69) is 5.32 Å². The minimum Gasteiger partial charge on any atom is -0.481 e. The number of carboxylic acid groups (broad SMARTS) is 1. The fourth-order valence-corrected chi connectivity index (χ4v) is 3.72. The van der Waals surface area contributed by atoms with E-state index in [1.165, 1.54) is 64.2 Å². The van der Waals surface area contributed by atoms with Crippen LogP contribution >= 0.6 is 0 Å². The van der Waals surface area contributed by atoms with E-state index in [1.807, 2.05) is 6.92 Å². The van der Waals surface area contributed by atoms with Gasteiger partial charge in [0.15, 0.2) is 0 Å². The summed E-state index contributed by atoms with van der Waals surface area (Å²) in [5.74, 6) is -0.863. The average Bonchev–Trinajstić information content (AvgIpc) is 2.72. The molecule has 0 bridgehead atoms. The molecule has 0 spiro atoms. The van der Waals surface area contributed by atoms with Crippen molar-refractivity contribution in [2.75, 3.05) is 6.54 Å². The number of carbonyl (C=O) groups excluding carboxylic acids is 2. The minimum absolute atomic E-state index is 0.0798. The zero-order valence-corrected chi connectivity index (χ0v) is 20.0. The lowest BCUT2D eigenvalue weighted by atomic mass is 10.0. The maximum atomic E-state index is 11.8. The predicted octanol–water partition coefficient (Wildman–Crippen LogP) is 5.72. The Bertz CT molecular complexity index is 468. The van der Waals surface area contributed by atoms with Crippen LogP contribution in [0.1, 0.15) is 129 Å². The highest BCUT2D eigenvalue weighted by molar-refractivity contribution is 5.76. The van der Waals surface area contributed by atoms with Crippen LogP contribution in [-0.4, -0.2) is 29.4 Å². The van der Waals surface area contributed by atoms with E-state index in [9.17, 15) is 14.4 Å². The van der Waals surface area contributed by atoms with E-state index in [1.54, 1.807) is 0 Å². The number of nitrogens with two attached hydrogens (primary N) is 1. The highest BCUT2D eigenvalue weighted by Crippen LogP contribution is 2.14. The van der Waals surface area contributed by atoms with Gasteiger partial charge < -0.3 is 16.2 Å². The number of nitrogens with one attached hydrogen (secondary N) is 1. The van der Waals surface area contributed by atoms with Crippen LogP contribution in [0.3, 0.4) is 0 Å². The number of primary amides is 1. The molecule has 0 aliphatic rings. The molecule has 0 aromatic rings. The third-order valence-electron chi connectivity index (χ3n) is 5.92. The fourth-order valence-electron chi connectivity index (χ4n) is 3.72. The molecule has 182 valence electrons. The second-order valence-electron chi connectivity index (χ2n) is 8.99. The number of unbranched alkanes of at least 4 members (excludes halogenated alkanes) is 14. The molecule has 31 heavy (non-hydrogen) atoms. The molecule has 0 aliphatic heterocycles. The Morgan fingerprint density at radius 1 is 0.677 bits per heavy atom. The van der Waals surface area contributed by atoms with E-state index in [4.69, 9.17) is 10.8 Å². The van der Waals surface area contributed by atoms with E-state index < -0.39 is 5.97 Å². The molecule has 6 nitrogen and oxygen atoms in total. The zero-order valence-electron chi connectivity index (χ0n) is 20.0. The maximum absolute atomic E-state index is 11.8. The molecule has 2 amide bonds. The van der Waals surface area contributed by atoms with Gasteiger partial charge in [0.05, 0.1) is 0 Å². The van der Waals surface area contributed by atoms with Gasteiger partial charge in [-0.3, -0.25) is 14.4 Å². The number of carboxylic acids is 1. The van der Waals surface area contributed by atoms with Crippen molar-refractivity contribution in [2.45, 2.75) is 129 Å². The molecule has 0 saturated heterocycles. The molecule has 0 unspecified atom stereocenters. The van der Waals surface area contributed by atoms with Crippen molar-refractivity contribution in [3.63, 3.8) is 0 Å². The SMILES string of the molecule is C[C@H](CCCCNC(=O)CCCCCCCCCCCCCCCCC(=O)O)C(N)=O. The second kappa shape index (κ2) is 21.6. The third-order valence-corrected chi connectivity index (χ3v) is 5.92. The van der Waals surface area contributed by atoms with E-state index >= 15 is 0 Å². The summed E-state index contributed by atoms with van der Waals surface area (Å²) in [6.45, 7) is 2.54. The number of rotatable bonds is 23. The lowest BCUT2D eigenvalue weighted by Crippen LogP contribution is -2.24. The quantitative estimate of drug-likeness (QED) is 0.176. The van der Waals surface area contributed by atoms with Crippen molar-refractivity contribution in [1.82, 2.24) is 5.32 Å². The first-order chi connectivity index (χ1) is 14.9. The number of hydrogen-bond donors (Lipinski definition) is 3. The van der Waals surface area contributed by atoms with Gasteiger partial charge in [0.2, 0.25) is 11.8 Å². The topological polar surface area (TPSA) is 109 Å². The lowest BCUT2D eigenvalue weighted by molar-refractivity contribution is -0.137. The van der Waals surface area contributed by atoms with Crippen LogP contribution in [0.2, 0.25) is 0 Å². The number of carbonyl (C=O) groups is 3. The zero-order chi connectivity index (χ0) is 23.2. The Balaban J connectivity index is 3.21. The van der Waals surface area contributed by atoms with Gasteiger partial charge in [-0.1, -0.05) is 90.4 Å². The molecule has 1 atom stereocenters. The standard InChI is InChI=1S/C25H48N2O4/c1-22(25(26)31)18-16-17-21-27-23(28)19-14-12-10-8-6-4-2-3-5-7-9-11-13-15-20-24(29)30/h22H,2-21H2,1H3,(H2,26,31)(H,27,28)(H,29,30)/t22-/m1/s1. The highest BCUT2D eigenvalue weighted by Gasteiger charge is 2.07. The van der Waals surface area contributed by atoms with Gasteiger partial charge in [-0.05, 0) is 25.7 Å². The maximum Gasteiger partial charge on any atom is 0.303 e. The summed E-state index contributed by atoms with van der Waals surface area (Å²) >= 11 is 0. The van der Waals surface area contributed by atoms with Crippen LogP contribution < -0.4 is 11.1 Å². The first-order valence-electron chi connectivity index (χ1n) is 12.7. The van der Waals surface area contributed by atoms with Gasteiger partial charge >= 0.3 is 5.97 Å². The molecule has 0 fully saturated rings. The normalized spacial score (nSPS) is 11.9. The molecule has 4 N–H and O–H groups in total. The monoisotopic (exact) mass is 440 g/mol. The number of hydrogen-bond acceptors (Lipinski definition) is 3. The van der Waals surface area contributed by atoms with E-state index in [-0.39, 0.29) is 17.7 Å². The van der Waals surface area contributed by atoms with Crippen molar-refractivity contribution in [1.29, 1.82) is 0 Å². The predicted molar refractivity (Wildman–Crippen MR) is 127 cm³/mol. The van der Waals surface area contributed by atoms with Gasteiger partial charge in [-0.25, -0.2) is 0 Å². The Morgan fingerprint density at radius 2 is 1.10 bits per heavy atom. The molecule has 6 heteroatoms. The van der Waals surface area contributed by atoms with Crippen LogP contribution in [0.5, 0.6) is 0 Å². The van der Waals surface area contributed by atoms with Crippen LogP contribution in [0.4, 0.5) is 0 Å². The summed E-state index contributed by atoms with van der Waals surface area (Å²) in [5, 5.41) is 11.5. The van der Waals surface area contributed by atoms with Gasteiger partial charge in [-0.2, -0.15) is 0 Å². The van der Waals surface area contributed by atoms with Crippen LogP contribution in [0, 0.1) is 5.92 Å². The van der Waals surface area contributed by atoms with Gasteiger partial charge in [0.25, 0.3) is 0 Å². The minimum atomic E-state index is -0.679. The highest BCUT2D eigenvalue weighted by atomic mass is 16.4. The van der Waals surface area contributed by atoms with Gasteiger partial charge in [0.1, 0.15) is 0 Å². The smallest absolute Gasteiger partial charge is 0.303 e. The summed E-state index contributed by atoms with van der Waals surface area (Å²) in [6.07, 6.45) is 20.2. The molecule has 0 aliphatic carbocycles. The first-order valence-corrected chi connectivity index (χ1v) is 12.7. The van der Waals surface area contributed by atoms with Gasteiger partial charge in [0, 0.05) is 25.3 Å². The molecular weight excluding hydrogens is 392 g/mol. The molecule has 0 aromatic heterocycles. The first kappa shape index (κ1) is 29.4. The summed E-state index contributed by atoms with van der Waals surface area (Å²) in [4.78, 5) is 33.2. The van der Waals surface area contributed by atoms with E-state index in [0.717, 1.165) is 44.9 Å². The Hall–Kier alpha value is -1.59. The molecular formula is C25H48N2O4. The molecule has 0 saturated carbocycles. The van der Waals surface area contributed by atoms with Crippen LogP contribution in [0.15, 0.2) is 0 Å². The number of amides is 2. The molecule has 0 aromatic carbocycles. The number of aliphatic carboxylic acids is 1. The summed E-state index contributed by atoms with van der Waals surface area (Å²) in [5.41, 5.74) is 5.23. The van der Waals surface area contributed by atoms with Crippen LogP contribution in [-0.2, 0) is 14.4 Å². The average molecular weight is 441 g/mol. The fraction of sp³-hybridized carbons (Fsp3) is 0.880. The third kappa shape index (κ3) is 22.9.